The molecule has 1 aromatic carbocycles. The summed E-state index contributed by atoms with van der Waals surface area (Å²) in [6.07, 6.45) is 9.66. The third-order valence-electron chi connectivity index (χ3n) is 6.78. The predicted molar refractivity (Wildman–Crippen MR) is 121 cm³/mol. The average molecular weight is 411 g/mol. The highest BCUT2D eigenvalue weighted by atomic mass is 16.5. The van der Waals surface area contributed by atoms with Gasteiger partial charge in [-0.1, -0.05) is 24.3 Å². The van der Waals surface area contributed by atoms with Crippen LogP contribution in [0.1, 0.15) is 49.3 Å². The molecule has 2 saturated heterocycles. The van der Waals surface area contributed by atoms with Crippen molar-refractivity contribution in [2.45, 2.75) is 65.3 Å². The molecule has 0 radical (unpaired) electrons. The lowest BCUT2D eigenvalue weighted by molar-refractivity contribution is 0.0570. The van der Waals surface area contributed by atoms with Gasteiger partial charge in [0.1, 0.15) is 0 Å². The summed E-state index contributed by atoms with van der Waals surface area (Å²) >= 11 is 0. The molecule has 0 N–H and O–H groups in total. The standard InChI is InChI=1S/C25H38N4O/c1-3-29-18-23(15-26-29)17-28(20-25-9-6-14-30-25)16-22-10-12-27(13-11-22)19-24-8-5-4-7-21(24)2/h4-5,7-8,15,18,22,25H,3,6,9-14,16-17,19-20H2,1-2H3. The molecule has 1 atom stereocenters. The van der Waals surface area contributed by atoms with E-state index in [0.29, 0.717) is 6.10 Å². The van der Waals surface area contributed by atoms with Crippen LogP contribution >= 0.6 is 0 Å². The van der Waals surface area contributed by atoms with Gasteiger partial charge in [-0.25, -0.2) is 0 Å². The summed E-state index contributed by atoms with van der Waals surface area (Å²) in [5.41, 5.74) is 4.21. The number of aromatic nitrogens is 2. The van der Waals surface area contributed by atoms with Crippen LogP contribution < -0.4 is 0 Å². The Labute approximate surface area is 182 Å². The fraction of sp³-hybridized carbons (Fsp3) is 0.640. The molecule has 2 aliphatic heterocycles. The highest BCUT2D eigenvalue weighted by molar-refractivity contribution is 5.25. The number of hydrogen-bond acceptors (Lipinski definition) is 4. The van der Waals surface area contributed by atoms with E-state index in [2.05, 4.69) is 59.2 Å². The first-order chi connectivity index (χ1) is 14.7. The number of rotatable bonds is 9. The third-order valence-corrected chi connectivity index (χ3v) is 6.78. The molecule has 4 rings (SSSR count). The maximum Gasteiger partial charge on any atom is 0.0702 e. The van der Waals surface area contributed by atoms with E-state index in [1.165, 1.54) is 62.0 Å². The number of ether oxygens (including phenoxy) is 1. The number of aryl methyl sites for hydroxylation is 2. The molecule has 5 nitrogen and oxygen atoms in total. The molecule has 0 aliphatic carbocycles. The van der Waals surface area contributed by atoms with Crippen LogP contribution in [-0.2, 0) is 24.4 Å². The third kappa shape index (κ3) is 5.93. The minimum Gasteiger partial charge on any atom is -0.377 e. The van der Waals surface area contributed by atoms with E-state index >= 15 is 0 Å². The molecule has 2 fully saturated rings. The SMILES string of the molecule is CCn1cc(CN(CC2CCN(Cc3ccccc3C)CC2)CC2CCCO2)cn1. The van der Waals surface area contributed by atoms with Gasteiger partial charge >= 0.3 is 0 Å². The molecule has 0 saturated carbocycles. The van der Waals surface area contributed by atoms with Gasteiger partial charge in [0.05, 0.1) is 12.3 Å². The molecule has 0 spiro atoms. The summed E-state index contributed by atoms with van der Waals surface area (Å²) < 4.78 is 7.99. The minimum absolute atomic E-state index is 0.410. The first-order valence-corrected chi connectivity index (χ1v) is 11.8. The van der Waals surface area contributed by atoms with Crippen LogP contribution in [0.4, 0.5) is 0 Å². The Kier molecular flexibility index (Phi) is 7.58. The fourth-order valence-corrected chi connectivity index (χ4v) is 4.92. The average Bonchev–Trinajstić information content (AvgIpc) is 3.43. The summed E-state index contributed by atoms with van der Waals surface area (Å²) in [6.45, 7) is 13.0. The molecule has 5 heteroatoms. The number of likely N-dealkylation sites (tertiary alicyclic amines) is 1. The molecule has 0 bridgehead atoms. The molecule has 1 unspecified atom stereocenters. The zero-order valence-corrected chi connectivity index (χ0v) is 18.8. The van der Waals surface area contributed by atoms with Gasteiger partial charge in [0.2, 0.25) is 0 Å². The topological polar surface area (TPSA) is 33.5 Å². The summed E-state index contributed by atoms with van der Waals surface area (Å²) in [7, 11) is 0. The largest absolute Gasteiger partial charge is 0.377 e. The molecule has 164 valence electrons. The maximum atomic E-state index is 5.96. The molecule has 30 heavy (non-hydrogen) atoms. The molecule has 3 heterocycles. The summed E-state index contributed by atoms with van der Waals surface area (Å²) in [4.78, 5) is 5.27. The fourth-order valence-electron chi connectivity index (χ4n) is 4.92. The van der Waals surface area contributed by atoms with Gasteiger partial charge < -0.3 is 4.74 Å². The number of hydrogen-bond donors (Lipinski definition) is 0. The van der Waals surface area contributed by atoms with Gasteiger partial charge in [-0.05, 0) is 69.7 Å². The van der Waals surface area contributed by atoms with Crippen molar-refractivity contribution in [2.24, 2.45) is 5.92 Å². The number of benzene rings is 1. The molecule has 2 aliphatic rings. The smallest absolute Gasteiger partial charge is 0.0702 e. The quantitative estimate of drug-likeness (QED) is 0.623. The monoisotopic (exact) mass is 410 g/mol. The Hall–Kier alpha value is -1.69. The van der Waals surface area contributed by atoms with Crippen molar-refractivity contribution in [1.82, 2.24) is 19.6 Å². The minimum atomic E-state index is 0.410. The van der Waals surface area contributed by atoms with E-state index < -0.39 is 0 Å². The van der Waals surface area contributed by atoms with E-state index in [-0.39, 0.29) is 0 Å². The molecule has 0 amide bonds. The van der Waals surface area contributed by atoms with Crippen molar-refractivity contribution in [3.05, 3.63) is 53.3 Å². The van der Waals surface area contributed by atoms with Gasteiger partial charge in [-0.3, -0.25) is 14.5 Å². The molecular formula is C25H38N4O. The van der Waals surface area contributed by atoms with E-state index in [1.54, 1.807) is 0 Å². The summed E-state index contributed by atoms with van der Waals surface area (Å²) in [5, 5.41) is 4.48. The van der Waals surface area contributed by atoms with Crippen LogP contribution in [0.5, 0.6) is 0 Å². The molecule has 2 aromatic rings. The predicted octanol–water partition coefficient (Wildman–Crippen LogP) is 4.10. The Balaban J connectivity index is 1.30. The van der Waals surface area contributed by atoms with Gasteiger partial charge in [0.25, 0.3) is 0 Å². The first kappa shape index (κ1) is 21.5. The Morgan fingerprint density at radius 2 is 1.97 bits per heavy atom. The normalized spacial score (nSPS) is 21.0. The Morgan fingerprint density at radius 3 is 2.67 bits per heavy atom. The van der Waals surface area contributed by atoms with Crippen LogP contribution in [0.15, 0.2) is 36.7 Å². The van der Waals surface area contributed by atoms with Crippen molar-refractivity contribution in [3.8, 4) is 0 Å². The van der Waals surface area contributed by atoms with Gasteiger partial charge in [0.15, 0.2) is 0 Å². The number of nitrogens with zero attached hydrogens (tertiary/aromatic N) is 4. The van der Waals surface area contributed by atoms with Gasteiger partial charge in [-0.15, -0.1) is 0 Å². The van der Waals surface area contributed by atoms with E-state index in [9.17, 15) is 0 Å². The zero-order valence-electron chi connectivity index (χ0n) is 18.8. The van der Waals surface area contributed by atoms with E-state index in [1.807, 2.05) is 10.9 Å². The highest BCUT2D eigenvalue weighted by Gasteiger charge is 2.25. The van der Waals surface area contributed by atoms with Crippen LogP contribution in [0.2, 0.25) is 0 Å². The van der Waals surface area contributed by atoms with Crippen molar-refractivity contribution < 1.29 is 4.74 Å². The van der Waals surface area contributed by atoms with Crippen molar-refractivity contribution in [2.75, 3.05) is 32.8 Å². The lowest BCUT2D eigenvalue weighted by Gasteiger charge is -2.35. The Bertz CT molecular complexity index is 775. The van der Waals surface area contributed by atoms with E-state index in [0.717, 1.165) is 38.7 Å². The second-order valence-corrected chi connectivity index (χ2v) is 9.18. The van der Waals surface area contributed by atoms with Crippen molar-refractivity contribution in [1.29, 1.82) is 0 Å². The number of piperidine rings is 1. The molecule has 1 aromatic heterocycles. The van der Waals surface area contributed by atoms with Gasteiger partial charge in [-0.2, -0.15) is 5.10 Å². The van der Waals surface area contributed by atoms with Crippen molar-refractivity contribution in [3.63, 3.8) is 0 Å². The summed E-state index contributed by atoms with van der Waals surface area (Å²) in [5.74, 6) is 0.778. The highest BCUT2D eigenvalue weighted by Crippen LogP contribution is 2.23. The van der Waals surface area contributed by atoms with Crippen LogP contribution in [-0.4, -0.2) is 58.5 Å². The maximum absolute atomic E-state index is 5.96. The van der Waals surface area contributed by atoms with Crippen LogP contribution in [0, 0.1) is 12.8 Å². The van der Waals surface area contributed by atoms with E-state index in [4.69, 9.17) is 4.74 Å². The van der Waals surface area contributed by atoms with Gasteiger partial charge in [0, 0.05) is 51.1 Å². The van der Waals surface area contributed by atoms with Crippen LogP contribution in [0.3, 0.4) is 0 Å². The lowest BCUT2D eigenvalue weighted by atomic mass is 9.95. The lowest BCUT2D eigenvalue weighted by Crippen LogP contribution is -2.40. The summed E-state index contributed by atoms with van der Waals surface area (Å²) in [6, 6.07) is 8.81. The second kappa shape index (κ2) is 10.6. The van der Waals surface area contributed by atoms with Crippen LogP contribution in [0.25, 0.3) is 0 Å². The Morgan fingerprint density at radius 1 is 1.13 bits per heavy atom. The van der Waals surface area contributed by atoms with Crippen molar-refractivity contribution >= 4 is 0 Å². The first-order valence-electron chi connectivity index (χ1n) is 11.8. The second-order valence-electron chi connectivity index (χ2n) is 9.18. The molecular weight excluding hydrogens is 372 g/mol. The zero-order chi connectivity index (χ0) is 20.8.